The first-order valence-corrected chi connectivity index (χ1v) is 9.07. The molecule has 1 fully saturated rings. The van der Waals surface area contributed by atoms with E-state index in [1.807, 2.05) is 6.07 Å². The molecule has 0 radical (unpaired) electrons. The summed E-state index contributed by atoms with van der Waals surface area (Å²) >= 11 is 0. The van der Waals surface area contributed by atoms with E-state index < -0.39 is 17.6 Å². The summed E-state index contributed by atoms with van der Waals surface area (Å²) in [5, 5.41) is 8.89. The SMILES string of the molecule is C=CCN(Cc1ccc(C#N)cc1)C(=O)C1CC(=O)N(c2ccc(F)cc2F)C1. The van der Waals surface area contributed by atoms with E-state index in [4.69, 9.17) is 5.26 Å². The maximum absolute atomic E-state index is 14.1. The highest BCUT2D eigenvalue weighted by atomic mass is 19.1. The van der Waals surface area contributed by atoms with E-state index >= 15 is 0 Å². The third-order valence-electron chi connectivity index (χ3n) is 4.79. The second kappa shape index (κ2) is 8.65. The van der Waals surface area contributed by atoms with Gasteiger partial charge in [-0.2, -0.15) is 5.26 Å². The number of nitriles is 1. The van der Waals surface area contributed by atoms with E-state index in [-0.39, 0.29) is 37.0 Å². The first kappa shape index (κ1) is 20.2. The van der Waals surface area contributed by atoms with Crippen LogP contribution < -0.4 is 4.90 Å². The molecule has 0 saturated carbocycles. The molecule has 0 spiro atoms. The Hall–Kier alpha value is -3.53. The number of halogens is 2. The van der Waals surface area contributed by atoms with Gasteiger partial charge in [0.25, 0.3) is 0 Å². The highest BCUT2D eigenvalue weighted by Gasteiger charge is 2.38. The minimum absolute atomic E-state index is 0.0290. The van der Waals surface area contributed by atoms with Crippen molar-refractivity contribution >= 4 is 17.5 Å². The molecule has 1 heterocycles. The third kappa shape index (κ3) is 4.49. The van der Waals surface area contributed by atoms with Gasteiger partial charge in [-0.25, -0.2) is 8.78 Å². The average Bonchev–Trinajstić information content (AvgIpc) is 3.09. The topological polar surface area (TPSA) is 64.4 Å². The lowest BCUT2D eigenvalue weighted by Crippen LogP contribution is -2.37. The molecular weight excluding hydrogens is 376 g/mol. The Balaban J connectivity index is 1.75. The predicted molar refractivity (Wildman–Crippen MR) is 104 cm³/mol. The predicted octanol–water partition coefficient (Wildman–Crippen LogP) is 3.40. The largest absolute Gasteiger partial charge is 0.334 e. The Bertz CT molecular complexity index is 983. The quantitative estimate of drug-likeness (QED) is 0.704. The monoisotopic (exact) mass is 395 g/mol. The lowest BCUT2D eigenvalue weighted by Gasteiger charge is -2.25. The van der Waals surface area contributed by atoms with E-state index in [1.54, 1.807) is 35.2 Å². The molecule has 29 heavy (non-hydrogen) atoms. The molecule has 2 aromatic rings. The fourth-order valence-corrected chi connectivity index (χ4v) is 3.36. The molecule has 1 saturated heterocycles. The number of hydrogen-bond acceptors (Lipinski definition) is 3. The fraction of sp³-hybridized carbons (Fsp3) is 0.227. The van der Waals surface area contributed by atoms with Crippen molar-refractivity contribution in [1.29, 1.82) is 5.26 Å². The van der Waals surface area contributed by atoms with Gasteiger partial charge < -0.3 is 9.80 Å². The van der Waals surface area contributed by atoms with Gasteiger partial charge in [0, 0.05) is 32.1 Å². The highest BCUT2D eigenvalue weighted by molar-refractivity contribution is 6.00. The van der Waals surface area contributed by atoms with Crippen molar-refractivity contribution in [3.8, 4) is 6.07 Å². The highest BCUT2D eigenvalue weighted by Crippen LogP contribution is 2.29. The number of carbonyl (C=O) groups excluding carboxylic acids is 2. The van der Waals surface area contributed by atoms with Crippen molar-refractivity contribution in [3.05, 3.63) is 77.9 Å². The molecule has 0 bridgehead atoms. The number of nitrogens with zero attached hydrogens (tertiary/aromatic N) is 3. The second-order valence-electron chi connectivity index (χ2n) is 6.82. The van der Waals surface area contributed by atoms with E-state index in [2.05, 4.69) is 6.58 Å². The van der Waals surface area contributed by atoms with Gasteiger partial charge in [-0.1, -0.05) is 18.2 Å². The minimum Gasteiger partial charge on any atom is -0.334 e. The van der Waals surface area contributed by atoms with Crippen LogP contribution in [0.2, 0.25) is 0 Å². The van der Waals surface area contributed by atoms with Crippen molar-refractivity contribution in [2.45, 2.75) is 13.0 Å². The lowest BCUT2D eigenvalue weighted by molar-refractivity contribution is -0.135. The summed E-state index contributed by atoms with van der Waals surface area (Å²) in [4.78, 5) is 28.1. The molecule has 2 amide bonds. The lowest BCUT2D eigenvalue weighted by atomic mass is 10.1. The molecule has 1 aliphatic rings. The Kier molecular flexibility index (Phi) is 6.03. The minimum atomic E-state index is -0.841. The van der Waals surface area contributed by atoms with Crippen LogP contribution in [0.25, 0.3) is 0 Å². The normalized spacial score (nSPS) is 15.8. The number of rotatable bonds is 6. The maximum Gasteiger partial charge on any atom is 0.228 e. The number of hydrogen-bond donors (Lipinski definition) is 0. The standard InChI is InChI=1S/C22H19F2N3O2/c1-2-9-26(13-16-5-3-15(12-25)4-6-16)22(29)17-10-21(28)27(14-17)20-8-7-18(23)11-19(20)24/h2-8,11,17H,1,9-10,13-14H2. The molecule has 1 unspecified atom stereocenters. The van der Waals surface area contributed by atoms with Gasteiger partial charge >= 0.3 is 0 Å². The van der Waals surface area contributed by atoms with Crippen molar-refractivity contribution in [3.63, 3.8) is 0 Å². The molecule has 7 heteroatoms. The first-order chi connectivity index (χ1) is 13.9. The maximum atomic E-state index is 14.1. The average molecular weight is 395 g/mol. The Morgan fingerprint density at radius 3 is 2.62 bits per heavy atom. The summed E-state index contributed by atoms with van der Waals surface area (Å²) in [5.41, 5.74) is 1.33. The molecule has 1 aliphatic heterocycles. The van der Waals surface area contributed by atoms with Crippen LogP contribution in [-0.2, 0) is 16.1 Å². The number of benzene rings is 2. The zero-order valence-electron chi connectivity index (χ0n) is 15.6. The van der Waals surface area contributed by atoms with Gasteiger partial charge in [-0.05, 0) is 29.8 Å². The molecule has 0 N–H and O–H groups in total. The Morgan fingerprint density at radius 1 is 1.28 bits per heavy atom. The summed E-state index contributed by atoms with van der Waals surface area (Å²) < 4.78 is 27.2. The van der Waals surface area contributed by atoms with Gasteiger partial charge in [0.05, 0.1) is 23.2 Å². The molecule has 2 aromatic carbocycles. The first-order valence-electron chi connectivity index (χ1n) is 9.07. The fourth-order valence-electron chi connectivity index (χ4n) is 3.36. The van der Waals surface area contributed by atoms with Gasteiger partial charge in [0.1, 0.15) is 11.6 Å². The van der Waals surface area contributed by atoms with Crippen LogP contribution in [0.1, 0.15) is 17.5 Å². The van der Waals surface area contributed by atoms with Crippen LogP contribution in [0.15, 0.2) is 55.1 Å². The zero-order chi connectivity index (χ0) is 21.0. The Labute approximate surface area is 167 Å². The van der Waals surface area contributed by atoms with E-state index in [0.717, 1.165) is 11.6 Å². The summed E-state index contributed by atoms with van der Waals surface area (Å²) in [6, 6.07) is 11.9. The van der Waals surface area contributed by atoms with Crippen LogP contribution in [-0.4, -0.2) is 29.8 Å². The molecule has 148 valence electrons. The van der Waals surface area contributed by atoms with E-state index in [1.165, 1.54) is 11.0 Å². The molecule has 1 atom stereocenters. The summed E-state index contributed by atoms with van der Waals surface area (Å²) in [5.74, 6) is -2.83. The van der Waals surface area contributed by atoms with Crippen molar-refractivity contribution in [2.24, 2.45) is 5.92 Å². The smallest absolute Gasteiger partial charge is 0.228 e. The van der Waals surface area contributed by atoms with Crippen LogP contribution in [0.4, 0.5) is 14.5 Å². The molecule has 3 rings (SSSR count). The van der Waals surface area contributed by atoms with Crippen LogP contribution in [0.5, 0.6) is 0 Å². The van der Waals surface area contributed by atoms with Gasteiger partial charge in [-0.3, -0.25) is 9.59 Å². The Morgan fingerprint density at radius 2 is 2.00 bits per heavy atom. The number of amides is 2. The third-order valence-corrected chi connectivity index (χ3v) is 4.79. The van der Waals surface area contributed by atoms with Crippen molar-refractivity contribution < 1.29 is 18.4 Å². The molecule has 0 aliphatic carbocycles. The van der Waals surface area contributed by atoms with Crippen LogP contribution in [0.3, 0.4) is 0 Å². The summed E-state index contributed by atoms with van der Waals surface area (Å²) in [7, 11) is 0. The van der Waals surface area contributed by atoms with Gasteiger partial charge in [-0.15, -0.1) is 6.58 Å². The van der Waals surface area contributed by atoms with E-state index in [0.29, 0.717) is 18.2 Å². The second-order valence-corrected chi connectivity index (χ2v) is 6.82. The van der Waals surface area contributed by atoms with E-state index in [9.17, 15) is 18.4 Å². The summed E-state index contributed by atoms with van der Waals surface area (Å²) in [6.07, 6.45) is 1.55. The summed E-state index contributed by atoms with van der Waals surface area (Å²) in [6.45, 7) is 4.29. The molecule has 5 nitrogen and oxygen atoms in total. The van der Waals surface area contributed by atoms with Crippen LogP contribution in [0, 0.1) is 28.9 Å². The molecular formula is C22H19F2N3O2. The zero-order valence-corrected chi connectivity index (χ0v) is 15.6. The van der Waals surface area contributed by atoms with Gasteiger partial charge in [0.2, 0.25) is 11.8 Å². The number of carbonyl (C=O) groups is 2. The van der Waals surface area contributed by atoms with Crippen LogP contribution >= 0.6 is 0 Å². The van der Waals surface area contributed by atoms with Gasteiger partial charge in [0.15, 0.2) is 0 Å². The van der Waals surface area contributed by atoms with Crippen molar-refractivity contribution in [1.82, 2.24) is 4.90 Å². The molecule has 0 aromatic heterocycles. The number of anilines is 1. The van der Waals surface area contributed by atoms with Crippen molar-refractivity contribution in [2.75, 3.05) is 18.0 Å².